The van der Waals surface area contributed by atoms with Gasteiger partial charge in [-0.2, -0.15) is 0 Å². The summed E-state index contributed by atoms with van der Waals surface area (Å²) in [7, 11) is 0. The molecule has 3 heterocycles. The molecule has 18 heavy (non-hydrogen) atoms. The van der Waals surface area contributed by atoms with Gasteiger partial charge in [0.15, 0.2) is 0 Å². The van der Waals surface area contributed by atoms with Crippen LogP contribution >= 0.6 is 11.3 Å². The number of hydrogen-bond donors (Lipinski definition) is 0. The summed E-state index contributed by atoms with van der Waals surface area (Å²) in [5, 5.41) is 2.09. The predicted molar refractivity (Wildman–Crippen MR) is 76.3 cm³/mol. The van der Waals surface area contributed by atoms with Crippen LogP contribution in [0.5, 0.6) is 0 Å². The van der Waals surface area contributed by atoms with Crippen molar-refractivity contribution in [2.24, 2.45) is 0 Å². The Morgan fingerprint density at radius 2 is 1.94 bits per heavy atom. The first kappa shape index (κ1) is 11.9. The van der Waals surface area contributed by atoms with Gasteiger partial charge in [-0.1, -0.05) is 0 Å². The number of hydrogen-bond acceptors (Lipinski definition) is 5. The average Bonchev–Trinajstić information content (AvgIpc) is 2.87. The molecule has 0 spiro atoms. The van der Waals surface area contributed by atoms with Crippen molar-refractivity contribution in [1.82, 2.24) is 14.9 Å². The molecule has 0 amide bonds. The van der Waals surface area contributed by atoms with Gasteiger partial charge in [-0.3, -0.25) is 4.90 Å². The van der Waals surface area contributed by atoms with E-state index in [1.54, 1.807) is 17.7 Å². The minimum absolute atomic E-state index is 0.638. The molecule has 0 aliphatic carbocycles. The Hall–Kier alpha value is -1.20. The molecule has 1 aliphatic heterocycles. The number of anilines is 1. The Balaban J connectivity index is 1.82. The van der Waals surface area contributed by atoms with Crippen LogP contribution in [0.2, 0.25) is 0 Å². The molecule has 4 nitrogen and oxygen atoms in total. The monoisotopic (exact) mass is 262 g/mol. The van der Waals surface area contributed by atoms with Gasteiger partial charge < -0.3 is 4.90 Å². The maximum absolute atomic E-state index is 4.48. The van der Waals surface area contributed by atoms with Gasteiger partial charge in [0, 0.05) is 32.2 Å². The highest BCUT2D eigenvalue weighted by atomic mass is 32.1. The number of thiophene rings is 1. The van der Waals surface area contributed by atoms with E-state index in [2.05, 4.69) is 45.1 Å². The predicted octanol–water partition coefficient (Wildman–Crippen LogP) is 2.22. The zero-order chi connectivity index (χ0) is 12.5. The molecule has 3 rings (SSSR count). The fraction of sp³-hybridized carbons (Fsp3) is 0.538. The fourth-order valence-electron chi connectivity index (χ4n) is 2.45. The van der Waals surface area contributed by atoms with Crippen molar-refractivity contribution >= 4 is 27.4 Å². The average molecular weight is 262 g/mol. The summed E-state index contributed by atoms with van der Waals surface area (Å²) in [5.74, 6) is 1.11. The Morgan fingerprint density at radius 3 is 2.67 bits per heavy atom. The molecule has 0 saturated carbocycles. The van der Waals surface area contributed by atoms with Gasteiger partial charge in [0.05, 0.1) is 10.2 Å². The highest BCUT2D eigenvalue weighted by Gasteiger charge is 2.21. The third kappa shape index (κ3) is 2.08. The van der Waals surface area contributed by atoms with Crippen molar-refractivity contribution in [3.63, 3.8) is 0 Å². The third-order valence-corrected chi connectivity index (χ3v) is 4.47. The van der Waals surface area contributed by atoms with Crippen LogP contribution in [0.4, 0.5) is 5.82 Å². The van der Waals surface area contributed by atoms with E-state index in [1.807, 2.05) is 0 Å². The van der Waals surface area contributed by atoms with E-state index in [0.29, 0.717) is 6.04 Å². The summed E-state index contributed by atoms with van der Waals surface area (Å²) in [6, 6.07) is 2.70. The van der Waals surface area contributed by atoms with Crippen LogP contribution in [0.25, 0.3) is 10.2 Å². The van der Waals surface area contributed by atoms with Gasteiger partial charge in [0.2, 0.25) is 0 Å². The molecule has 0 atom stereocenters. The fourth-order valence-corrected chi connectivity index (χ4v) is 3.31. The summed E-state index contributed by atoms with van der Waals surface area (Å²) >= 11 is 1.73. The van der Waals surface area contributed by atoms with E-state index in [9.17, 15) is 0 Å². The lowest BCUT2D eigenvalue weighted by Crippen LogP contribution is -2.49. The number of fused-ring (bicyclic) bond motifs is 1. The Kier molecular flexibility index (Phi) is 3.18. The highest BCUT2D eigenvalue weighted by molar-refractivity contribution is 7.17. The van der Waals surface area contributed by atoms with Crippen LogP contribution < -0.4 is 4.90 Å². The van der Waals surface area contributed by atoms with Crippen molar-refractivity contribution in [1.29, 1.82) is 0 Å². The molecule has 0 radical (unpaired) electrons. The van der Waals surface area contributed by atoms with Crippen LogP contribution in [0.15, 0.2) is 17.8 Å². The normalized spacial score (nSPS) is 17.8. The van der Waals surface area contributed by atoms with Crippen LogP contribution in [0.1, 0.15) is 13.8 Å². The van der Waals surface area contributed by atoms with Gasteiger partial charge in [0.1, 0.15) is 12.1 Å². The molecule has 1 aliphatic rings. The van der Waals surface area contributed by atoms with E-state index in [4.69, 9.17) is 0 Å². The SMILES string of the molecule is CC(C)N1CCN(c2ncnc3ccsc23)CC1. The van der Waals surface area contributed by atoms with E-state index >= 15 is 0 Å². The summed E-state index contributed by atoms with van der Waals surface area (Å²) in [6.07, 6.45) is 1.68. The van der Waals surface area contributed by atoms with Gasteiger partial charge in [0.25, 0.3) is 0 Å². The molecular weight excluding hydrogens is 244 g/mol. The molecule has 2 aromatic heterocycles. The van der Waals surface area contributed by atoms with Crippen molar-refractivity contribution in [2.45, 2.75) is 19.9 Å². The summed E-state index contributed by atoms with van der Waals surface area (Å²) in [4.78, 5) is 13.7. The molecule has 2 aromatic rings. The minimum Gasteiger partial charge on any atom is -0.353 e. The van der Waals surface area contributed by atoms with Gasteiger partial charge >= 0.3 is 0 Å². The molecule has 1 saturated heterocycles. The molecule has 1 fully saturated rings. The van der Waals surface area contributed by atoms with Gasteiger partial charge in [-0.25, -0.2) is 9.97 Å². The second-order valence-electron chi connectivity index (χ2n) is 4.95. The lowest BCUT2D eigenvalue weighted by Gasteiger charge is -2.37. The first-order valence-electron chi connectivity index (χ1n) is 6.43. The smallest absolute Gasteiger partial charge is 0.150 e. The Morgan fingerprint density at radius 1 is 1.17 bits per heavy atom. The van der Waals surface area contributed by atoms with Crippen molar-refractivity contribution in [2.75, 3.05) is 31.1 Å². The third-order valence-electron chi connectivity index (χ3n) is 3.57. The highest BCUT2D eigenvalue weighted by Crippen LogP contribution is 2.28. The lowest BCUT2D eigenvalue weighted by atomic mass is 10.2. The van der Waals surface area contributed by atoms with Crippen LogP contribution in [-0.2, 0) is 0 Å². The quantitative estimate of drug-likeness (QED) is 0.830. The molecule has 96 valence electrons. The number of rotatable bonds is 2. The molecule has 5 heteroatoms. The van der Waals surface area contributed by atoms with Crippen LogP contribution in [0, 0.1) is 0 Å². The van der Waals surface area contributed by atoms with Crippen molar-refractivity contribution in [3.8, 4) is 0 Å². The molecule has 0 unspecified atom stereocenters. The molecule has 0 N–H and O–H groups in total. The topological polar surface area (TPSA) is 32.3 Å². The largest absolute Gasteiger partial charge is 0.353 e. The number of aromatic nitrogens is 2. The maximum Gasteiger partial charge on any atom is 0.150 e. The zero-order valence-electron chi connectivity index (χ0n) is 10.8. The van der Waals surface area contributed by atoms with Crippen molar-refractivity contribution in [3.05, 3.63) is 17.8 Å². The molecule has 0 bridgehead atoms. The number of nitrogens with zero attached hydrogens (tertiary/aromatic N) is 4. The first-order valence-corrected chi connectivity index (χ1v) is 7.31. The standard InChI is InChI=1S/C13H18N4S/c1-10(2)16-4-6-17(7-5-16)13-12-11(3-8-18-12)14-9-15-13/h3,8-10H,4-7H2,1-2H3. The van der Waals surface area contributed by atoms with Gasteiger partial charge in [-0.05, 0) is 25.3 Å². The second kappa shape index (κ2) is 4.82. The lowest BCUT2D eigenvalue weighted by molar-refractivity contribution is 0.209. The van der Waals surface area contributed by atoms with E-state index in [0.717, 1.165) is 37.5 Å². The summed E-state index contributed by atoms with van der Waals surface area (Å²) in [5.41, 5.74) is 1.07. The van der Waals surface area contributed by atoms with Crippen LogP contribution in [0.3, 0.4) is 0 Å². The maximum atomic E-state index is 4.48. The van der Waals surface area contributed by atoms with Crippen molar-refractivity contribution < 1.29 is 0 Å². The molecular formula is C13H18N4S. The van der Waals surface area contributed by atoms with Crippen LogP contribution in [-0.4, -0.2) is 47.1 Å². The summed E-state index contributed by atoms with van der Waals surface area (Å²) < 4.78 is 1.22. The minimum atomic E-state index is 0.638. The van der Waals surface area contributed by atoms with Gasteiger partial charge in [-0.15, -0.1) is 11.3 Å². The zero-order valence-corrected chi connectivity index (χ0v) is 11.7. The first-order chi connectivity index (χ1) is 8.75. The Labute approximate surface area is 111 Å². The Bertz CT molecular complexity index is 529. The number of piperazine rings is 1. The summed E-state index contributed by atoms with van der Waals surface area (Å²) in [6.45, 7) is 8.88. The van der Waals surface area contributed by atoms with E-state index < -0.39 is 0 Å². The molecule has 0 aromatic carbocycles. The second-order valence-corrected chi connectivity index (χ2v) is 5.87. The van der Waals surface area contributed by atoms with E-state index in [1.165, 1.54) is 4.70 Å². The van der Waals surface area contributed by atoms with E-state index in [-0.39, 0.29) is 0 Å².